The average Bonchev–Trinajstić information content (AvgIpc) is 2.40. The minimum Gasteiger partial charge on any atom is -0.368 e. The molecule has 0 atom stereocenters. The highest BCUT2D eigenvalue weighted by Crippen LogP contribution is 2.40. The molecular weight excluding hydrogens is 289 g/mol. The third-order valence-electron chi connectivity index (χ3n) is 3.66. The molecule has 2 rings (SSSR count). The van der Waals surface area contributed by atoms with Gasteiger partial charge in [0.05, 0.1) is 16.3 Å². The summed E-state index contributed by atoms with van der Waals surface area (Å²) in [6.07, 6.45) is -4.41. The van der Waals surface area contributed by atoms with Crippen molar-refractivity contribution in [3.05, 3.63) is 28.3 Å². The van der Waals surface area contributed by atoms with Crippen molar-refractivity contribution in [3.8, 4) is 0 Å². The summed E-state index contributed by atoms with van der Waals surface area (Å²) >= 11 is 5.99. The number of hydrogen-bond donors (Lipinski definition) is 0. The zero-order valence-corrected chi connectivity index (χ0v) is 12.4. The van der Waals surface area contributed by atoms with Gasteiger partial charge in [0.1, 0.15) is 0 Å². The van der Waals surface area contributed by atoms with Crippen molar-refractivity contribution in [2.24, 2.45) is 0 Å². The minimum absolute atomic E-state index is 0.187. The molecule has 0 saturated carbocycles. The Hall–Kier alpha value is -0.940. The molecule has 1 heterocycles. The van der Waals surface area contributed by atoms with E-state index in [1.165, 1.54) is 0 Å². The second kappa shape index (κ2) is 5.82. The monoisotopic (exact) mass is 306 g/mol. The van der Waals surface area contributed by atoms with Gasteiger partial charge in [0, 0.05) is 26.2 Å². The lowest BCUT2D eigenvalue weighted by Crippen LogP contribution is -2.46. The fraction of sp³-hybridized carbons (Fsp3) is 0.571. The van der Waals surface area contributed by atoms with Crippen LogP contribution in [0.4, 0.5) is 18.9 Å². The van der Waals surface area contributed by atoms with Crippen molar-refractivity contribution in [3.63, 3.8) is 0 Å². The normalized spacial score (nSPS) is 17.6. The summed E-state index contributed by atoms with van der Waals surface area (Å²) < 4.78 is 38.9. The van der Waals surface area contributed by atoms with Crippen molar-refractivity contribution in [1.82, 2.24) is 4.90 Å². The third-order valence-corrected chi connectivity index (χ3v) is 4.06. The number of hydrogen-bond acceptors (Lipinski definition) is 2. The van der Waals surface area contributed by atoms with E-state index in [0.717, 1.165) is 25.7 Å². The van der Waals surface area contributed by atoms with E-state index in [1.807, 2.05) is 4.90 Å². The predicted molar refractivity (Wildman–Crippen MR) is 75.5 cm³/mol. The molecule has 0 aliphatic carbocycles. The van der Waals surface area contributed by atoms with Crippen LogP contribution in [0.25, 0.3) is 0 Å². The van der Waals surface area contributed by atoms with E-state index >= 15 is 0 Å². The van der Waals surface area contributed by atoms with Crippen LogP contribution < -0.4 is 4.90 Å². The zero-order chi connectivity index (χ0) is 14.9. The number of alkyl halides is 3. The highest BCUT2D eigenvalue weighted by Gasteiger charge is 2.35. The van der Waals surface area contributed by atoms with Gasteiger partial charge in [-0.15, -0.1) is 0 Å². The Bertz CT molecular complexity index is 480. The van der Waals surface area contributed by atoms with E-state index in [1.54, 1.807) is 13.0 Å². The number of aryl methyl sites for hydroxylation is 1. The molecule has 0 amide bonds. The molecule has 0 spiro atoms. The maximum absolute atomic E-state index is 13.0. The van der Waals surface area contributed by atoms with Crippen molar-refractivity contribution >= 4 is 17.3 Å². The Kier molecular flexibility index (Phi) is 4.49. The van der Waals surface area contributed by atoms with Crippen LogP contribution in [-0.2, 0) is 6.18 Å². The van der Waals surface area contributed by atoms with Gasteiger partial charge in [-0.25, -0.2) is 0 Å². The van der Waals surface area contributed by atoms with Crippen molar-refractivity contribution < 1.29 is 13.2 Å². The van der Waals surface area contributed by atoms with Crippen LogP contribution in [0.2, 0.25) is 5.02 Å². The van der Waals surface area contributed by atoms with Gasteiger partial charge in [0.25, 0.3) is 0 Å². The fourth-order valence-electron chi connectivity index (χ4n) is 2.49. The van der Waals surface area contributed by atoms with Crippen LogP contribution in [0.5, 0.6) is 0 Å². The lowest BCUT2D eigenvalue weighted by atomic mass is 10.1. The summed E-state index contributed by atoms with van der Waals surface area (Å²) in [5.74, 6) is 0. The van der Waals surface area contributed by atoms with Gasteiger partial charge >= 0.3 is 6.18 Å². The molecule has 20 heavy (non-hydrogen) atoms. The molecule has 1 saturated heterocycles. The van der Waals surface area contributed by atoms with Crippen LogP contribution >= 0.6 is 11.6 Å². The molecule has 1 aromatic carbocycles. The summed E-state index contributed by atoms with van der Waals surface area (Å²) in [7, 11) is 0. The Morgan fingerprint density at radius 2 is 1.75 bits per heavy atom. The molecule has 6 heteroatoms. The first-order valence-electron chi connectivity index (χ1n) is 6.67. The highest BCUT2D eigenvalue weighted by molar-refractivity contribution is 6.34. The second-order valence-electron chi connectivity index (χ2n) is 5.06. The number of likely N-dealkylation sites (N-methyl/N-ethyl adjacent to an activating group) is 1. The largest absolute Gasteiger partial charge is 0.417 e. The minimum atomic E-state index is -4.41. The van der Waals surface area contributed by atoms with Crippen molar-refractivity contribution in [2.45, 2.75) is 20.0 Å². The zero-order valence-electron chi connectivity index (χ0n) is 11.6. The third kappa shape index (κ3) is 3.20. The molecule has 1 fully saturated rings. The van der Waals surface area contributed by atoms with Gasteiger partial charge in [-0.1, -0.05) is 18.5 Å². The Morgan fingerprint density at radius 3 is 2.25 bits per heavy atom. The number of halogens is 4. The molecule has 0 aromatic heterocycles. The first kappa shape index (κ1) is 15.4. The van der Waals surface area contributed by atoms with Crippen LogP contribution in [0, 0.1) is 6.92 Å². The number of piperazine rings is 1. The first-order chi connectivity index (χ1) is 9.32. The van der Waals surface area contributed by atoms with Gasteiger partial charge in [-0.05, 0) is 31.2 Å². The fourth-order valence-corrected chi connectivity index (χ4v) is 2.83. The summed E-state index contributed by atoms with van der Waals surface area (Å²) in [6, 6.07) is 2.84. The summed E-state index contributed by atoms with van der Waals surface area (Å²) in [6.45, 7) is 7.81. The van der Waals surface area contributed by atoms with Crippen molar-refractivity contribution in [1.29, 1.82) is 0 Å². The molecule has 0 N–H and O–H groups in total. The molecule has 1 aliphatic heterocycles. The molecule has 0 bridgehead atoms. The Balaban J connectivity index is 2.31. The van der Waals surface area contributed by atoms with Crippen LogP contribution in [0.1, 0.15) is 18.1 Å². The summed E-state index contributed by atoms with van der Waals surface area (Å²) in [5, 5.41) is -0.187. The van der Waals surface area contributed by atoms with Crippen LogP contribution in [-0.4, -0.2) is 37.6 Å². The number of benzene rings is 1. The molecule has 0 radical (unpaired) electrons. The van der Waals surface area contributed by atoms with E-state index in [2.05, 4.69) is 11.8 Å². The van der Waals surface area contributed by atoms with Gasteiger partial charge in [-0.2, -0.15) is 13.2 Å². The molecule has 112 valence electrons. The summed E-state index contributed by atoms with van der Waals surface area (Å²) in [5.41, 5.74) is 0.330. The van der Waals surface area contributed by atoms with Gasteiger partial charge in [0.2, 0.25) is 0 Å². The lowest BCUT2D eigenvalue weighted by Gasteiger charge is -2.36. The predicted octanol–water partition coefficient (Wildman–Crippen LogP) is 3.81. The maximum Gasteiger partial charge on any atom is 0.417 e. The van der Waals surface area contributed by atoms with Crippen LogP contribution in [0.15, 0.2) is 12.1 Å². The van der Waals surface area contributed by atoms with Crippen molar-refractivity contribution in [2.75, 3.05) is 37.6 Å². The number of nitrogens with zero attached hydrogens (tertiary/aromatic N) is 2. The van der Waals surface area contributed by atoms with E-state index < -0.39 is 11.7 Å². The second-order valence-corrected chi connectivity index (χ2v) is 5.44. The maximum atomic E-state index is 13.0. The van der Waals surface area contributed by atoms with Crippen LogP contribution in [0.3, 0.4) is 0 Å². The quantitative estimate of drug-likeness (QED) is 0.820. The van der Waals surface area contributed by atoms with E-state index in [4.69, 9.17) is 11.6 Å². The van der Waals surface area contributed by atoms with Gasteiger partial charge < -0.3 is 9.80 Å². The highest BCUT2D eigenvalue weighted by atomic mass is 35.5. The SMILES string of the molecule is CCN1CCN(c2cc(C)cc(C(F)(F)F)c2Cl)CC1. The standard InChI is InChI=1S/C14H18ClF3N2/c1-3-19-4-6-20(7-5-19)12-9-10(2)8-11(13(12)15)14(16,17)18/h8-9H,3-7H2,1-2H3. The molecule has 0 unspecified atom stereocenters. The van der Waals surface area contributed by atoms with E-state index in [-0.39, 0.29) is 5.02 Å². The first-order valence-corrected chi connectivity index (χ1v) is 7.05. The smallest absolute Gasteiger partial charge is 0.368 e. The molecule has 1 aromatic rings. The molecule has 2 nitrogen and oxygen atoms in total. The van der Waals surface area contributed by atoms with Gasteiger partial charge in [-0.3, -0.25) is 0 Å². The molecular formula is C14H18ClF3N2. The number of anilines is 1. The topological polar surface area (TPSA) is 6.48 Å². The van der Waals surface area contributed by atoms with E-state index in [0.29, 0.717) is 24.3 Å². The number of rotatable bonds is 2. The average molecular weight is 307 g/mol. The van der Waals surface area contributed by atoms with E-state index in [9.17, 15) is 13.2 Å². The Morgan fingerprint density at radius 1 is 1.15 bits per heavy atom. The molecule has 1 aliphatic rings. The lowest BCUT2D eigenvalue weighted by molar-refractivity contribution is -0.137. The Labute approximate surface area is 122 Å². The summed E-state index contributed by atoms with van der Waals surface area (Å²) in [4.78, 5) is 4.21. The van der Waals surface area contributed by atoms with Gasteiger partial charge in [0.15, 0.2) is 0 Å².